The smallest absolute Gasteiger partial charge is 0.248 e. The number of anilines is 1. The molecule has 0 spiro atoms. The molecule has 7 nitrogen and oxygen atoms in total. The molecule has 2 heterocycles. The monoisotopic (exact) mass is 451 g/mol. The van der Waals surface area contributed by atoms with Crippen LogP contribution in [0.1, 0.15) is 29.5 Å². The van der Waals surface area contributed by atoms with Crippen LogP contribution in [-0.2, 0) is 22.5 Å². The van der Waals surface area contributed by atoms with Gasteiger partial charge in [-0.05, 0) is 35.4 Å². The lowest BCUT2D eigenvalue weighted by Gasteiger charge is -2.25. The van der Waals surface area contributed by atoms with Crippen LogP contribution in [0.15, 0.2) is 55.0 Å². The first-order chi connectivity index (χ1) is 15.6. The van der Waals surface area contributed by atoms with Gasteiger partial charge in [-0.25, -0.2) is 0 Å². The topological polar surface area (TPSA) is 113 Å². The summed E-state index contributed by atoms with van der Waals surface area (Å²) < 4.78 is 11.4. The molecule has 1 saturated heterocycles. The number of benzene rings is 1. The quantitative estimate of drug-likeness (QED) is 0.266. The molecule has 0 aliphatic carbocycles. The summed E-state index contributed by atoms with van der Waals surface area (Å²) in [7, 11) is 1.77. The zero-order valence-electron chi connectivity index (χ0n) is 18.1. The Morgan fingerprint density at radius 2 is 2.00 bits per heavy atom. The summed E-state index contributed by atoms with van der Waals surface area (Å²) in [5.74, 6) is 1.32. The van der Waals surface area contributed by atoms with Crippen molar-refractivity contribution in [1.82, 2.24) is 15.6 Å². The van der Waals surface area contributed by atoms with Gasteiger partial charge in [0.05, 0.1) is 0 Å². The van der Waals surface area contributed by atoms with E-state index in [9.17, 15) is 9.35 Å². The molecule has 4 N–H and O–H groups in total. The first-order valence-electron chi connectivity index (χ1n) is 10.6. The van der Waals surface area contributed by atoms with Crippen LogP contribution < -0.4 is 16.0 Å². The van der Waals surface area contributed by atoms with E-state index in [-0.39, 0.29) is 5.91 Å². The molecule has 1 aliphatic rings. The van der Waals surface area contributed by atoms with Crippen LogP contribution in [0.25, 0.3) is 11.6 Å². The molecule has 0 radical (unpaired) electrons. The van der Waals surface area contributed by atoms with E-state index in [4.69, 9.17) is 5.41 Å². The number of nitrogens with zero attached hydrogens (tertiary/aromatic N) is 1. The van der Waals surface area contributed by atoms with E-state index < -0.39 is 11.2 Å². The van der Waals surface area contributed by atoms with Crippen LogP contribution in [0.4, 0.5) is 5.69 Å². The summed E-state index contributed by atoms with van der Waals surface area (Å²) in [4.78, 5) is 16.5. The van der Waals surface area contributed by atoms with Gasteiger partial charge in [-0.2, -0.15) is 0 Å². The molecule has 1 fully saturated rings. The Labute approximate surface area is 192 Å². The lowest BCUT2D eigenvalue weighted by atomic mass is 10.0. The number of nitrogens with one attached hydrogen (secondary N) is 4. The van der Waals surface area contributed by atoms with Crippen LogP contribution in [0.3, 0.4) is 0 Å². The van der Waals surface area contributed by atoms with Crippen molar-refractivity contribution in [3.05, 3.63) is 71.7 Å². The maximum absolute atomic E-state index is 12.4. The molecule has 32 heavy (non-hydrogen) atoms. The van der Waals surface area contributed by atoms with Crippen LogP contribution in [-0.4, -0.2) is 46.3 Å². The first kappa shape index (κ1) is 23.7. The van der Waals surface area contributed by atoms with E-state index in [2.05, 4.69) is 20.9 Å². The van der Waals surface area contributed by atoms with Crippen molar-refractivity contribution >= 4 is 40.6 Å². The number of carbonyl (C=O) groups is 1. The van der Waals surface area contributed by atoms with Gasteiger partial charge in [0.15, 0.2) is 0 Å². The van der Waals surface area contributed by atoms with Gasteiger partial charge in [0.25, 0.3) is 0 Å². The van der Waals surface area contributed by atoms with Gasteiger partial charge < -0.3 is 25.9 Å². The average Bonchev–Trinajstić information content (AvgIpc) is 2.82. The fourth-order valence-corrected chi connectivity index (χ4v) is 4.77. The standard InChI is InChI=1S/C24H29N5O2S/c1-26-16-20(14-25)23-8-11-27-17-19(23)4-7-24(30)29-22-5-2-18(3-6-22)15-28-21-9-12-32(31)13-10-21/h2-8,11,14,16-17,21,25-26,28H,9-10,12-13,15H2,1H3,(H,29,30)/b7-4+,20-16+,25-14?. The zero-order chi connectivity index (χ0) is 22.8. The molecule has 0 bridgehead atoms. The van der Waals surface area contributed by atoms with Crippen LogP contribution >= 0.6 is 0 Å². The van der Waals surface area contributed by atoms with Crippen molar-refractivity contribution in [2.45, 2.75) is 25.4 Å². The Balaban J connectivity index is 1.55. The maximum atomic E-state index is 12.4. The molecule has 0 unspecified atom stereocenters. The fraction of sp³-hybridized carbons (Fsp3) is 0.292. The molecule has 0 saturated carbocycles. The van der Waals surface area contributed by atoms with Crippen molar-refractivity contribution in [2.75, 3.05) is 23.9 Å². The Morgan fingerprint density at radius 1 is 1.25 bits per heavy atom. The third-order valence-electron chi connectivity index (χ3n) is 5.24. The summed E-state index contributed by atoms with van der Waals surface area (Å²) in [6.07, 6.45) is 11.4. The highest BCUT2D eigenvalue weighted by molar-refractivity contribution is 7.91. The number of hydrogen-bond donors (Lipinski definition) is 4. The second-order valence-corrected chi connectivity index (χ2v) is 9.21. The highest BCUT2D eigenvalue weighted by Gasteiger charge is 2.20. The van der Waals surface area contributed by atoms with Crippen LogP contribution in [0, 0.1) is 5.41 Å². The number of carbonyl (C=O) groups excluding carboxylic acids is 1. The van der Waals surface area contributed by atoms with E-state index in [1.54, 1.807) is 31.7 Å². The fourth-order valence-electron chi connectivity index (χ4n) is 3.47. The second kappa shape index (κ2) is 12.2. The predicted octanol–water partition coefficient (Wildman–Crippen LogP) is 2.94. The van der Waals surface area contributed by atoms with Gasteiger partial charge in [-0.3, -0.25) is 9.78 Å². The summed E-state index contributed by atoms with van der Waals surface area (Å²) >= 11 is -0.642. The molecule has 1 aromatic heterocycles. The number of pyridine rings is 1. The largest absolute Gasteiger partial charge is 0.616 e. The first-order valence-corrected chi connectivity index (χ1v) is 12.1. The van der Waals surface area contributed by atoms with Crippen molar-refractivity contribution in [1.29, 1.82) is 5.41 Å². The van der Waals surface area contributed by atoms with Gasteiger partial charge in [-0.15, -0.1) is 0 Å². The second-order valence-electron chi connectivity index (χ2n) is 7.52. The van der Waals surface area contributed by atoms with Gasteiger partial charge in [-0.1, -0.05) is 23.3 Å². The predicted molar refractivity (Wildman–Crippen MR) is 132 cm³/mol. The molecular weight excluding hydrogens is 422 g/mol. The molecule has 1 aromatic carbocycles. The van der Waals surface area contributed by atoms with Crippen molar-refractivity contribution in [3.8, 4) is 0 Å². The lowest BCUT2D eigenvalue weighted by Crippen LogP contribution is -2.37. The van der Waals surface area contributed by atoms with Crippen molar-refractivity contribution < 1.29 is 9.35 Å². The minimum absolute atomic E-state index is 0.241. The number of hydrogen-bond acceptors (Lipinski definition) is 6. The number of rotatable bonds is 9. The average molecular weight is 452 g/mol. The Hall–Kier alpha value is -2.94. The highest BCUT2D eigenvalue weighted by Crippen LogP contribution is 2.18. The zero-order valence-corrected chi connectivity index (χ0v) is 19.0. The maximum Gasteiger partial charge on any atom is 0.248 e. The van der Waals surface area contributed by atoms with E-state index >= 15 is 0 Å². The Bertz CT molecular complexity index is 967. The van der Waals surface area contributed by atoms with Gasteiger partial charge >= 0.3 is 0 Å². The Kier molecular flexibility index (Phi) is 9.03. The van der Waals surface area contributed by atoms with E-state index in [0.717, 1.165) is 53.3 Å². The van der Waals surface area contributed by atoms with Gasteiger partial charge in [0.1, 0.15) is 11.5 Å². The third kappa shape index (κ3) is 7.05. The molecule has 1 amide bonds. The van der Waals surface area contributed by atoms with E-state index in [1.165, 1.54) is 12.3 Å². The SMILES string of the molecule is CN/C=C(\C=N)c1ccncc1/C=C/C(=O)Nc1ccc(CNC2CC[S+]([O-])CC2)cc1. The van der Waals surface area contributed by atoms with E-state index in [0.29, 0.717) is 11.6 Å². The normalized spacial score (nSPS) is 19.0. The molecule has 1 aliphatic heterocycles. The molecule has 0 atom stereocenters. The van der Waals surface area contributed by atoms with Gasteiger partial charge in [0.2, 0.25) is 5.91 Å². The Morgan fingerprint density at radius 3 is 2.69 bits per heavy atom. The minimum Gasteiger partial charge on any atom is -0.616 e. The lowest BCUT2D eigenvalue weighted by molar-refractivity contribution is -0.111. The molecule has 3 rings (SSSR count). The van der Waals surface area contributed by atoms with Crippen LogP contribution in [0.2, 0.25) is 0 Å². The molecule has 2 aromatic rings. The van der Waals surface area contributed by atoms with E-state index in [1.807, 2.05) is 30.3 Å². The number of allylic oxidation sites excluding steroid dienone is 1. The molecule has 168 valence electrons. The number of amides is 1. The molecular formula is C24H29N5O2S. The third-order valence-corrected chi connectivity index (χ3v) is 6.62. The van der Waals surface area contributed by atoms with Crippen LogP contribution in [0.5, 0.6) is 0 Å². The van der Waals surface area contributed by atoms with Gasteiger partial charge in [0, 0.05) is 80.2 Å². The molecule has 8 heteroatoms. The minimum atomic E-state index is -0.642. The summed E-state index contributed by atoms with van der Waals surface area (Å²) in [6, 6.07) is 9.99. The summed E-state index contributed by atoms with van der Waals surface area (Å²) in [5, 5.41) is 16.9. The summed E-state index contributed by atoms with van der Waals surface area (Å²) in [6.45, 7) is 0.755. The summed E-state index contributed by atoms with van der Waals surface area (Å²) in [5.41, 5.74) is 4.12. The highest BCUT2D eigenvalue weighted by atomic mass is 32.2. The van der Waals surface area contributed by atoms with Crippen molar-refractivity contribution in [3.63, 3.8) is 0 Å². The number of aromatic nitrogens is 1. The van der Waals surface area contributed by atoms with Crippen molar-refractivity contribution in [2.24, 2.45) is 0 Å².